The van der Waals surface area contributed by atoms with Crippen LogP contribution in [0.4, 0.5) is 0 Å². The highest BCUT2D eigenvalue weighted by molar-refractivity contribution is 5.38. The van der Waals surface area contributed by atoms with E-state index < -0.39 is 0 Å². The second-order valence-electron chi connectivity index (χ2n) is 3.61. The number of imidazole rings is 1. The average molecular weight is 238 g/mol. The van der Waals surface area contributed by atoms with Gasteiger partial charge < -0.3 is 9.30 Å². The molecule has 0 saturated heterocycles. The van der Waals surface area contributed by atoms with Crippen molar-refractivity contribution in [2.24, 2.45) is 0 Å². The standard InChI is InChI=1S/C13H10N4O/c1-18-13-5-3-2-4-10(13)8-17-9-16-11(6-14)12(17)7-15/h2-5,9H,8H2,1H3. The third-order valence-electron chi connectivity index (χ3n) is 2.58. The molecule has 0 aliphatic rings. The summed E-state index contributed by atoms with van der Waals surface area (Å²) in [6.45, 7) is 0.446. The SMILES string of the molecule is COc1ccccc1Cn1cnc(C#N)c1C#N. The van der Waals surface area contributed by atoms with E-state index in [1.807, 2.05) is 36.4 Å². The third kappa shape index (κ3) is 2.02. The van der Waals surface area contributed by atoms with Gasteiger partial charge in [-0.2, -0.15) is 10.5 Å². The molecule has 2 rings (SSSR count). The lowest BCUT2D eigenvalue weighted by molar-refractivity contribution is 0.408. The van der Waals surface area contributed by atoms with Crippen molar-refractivity contribution in [1.82, 2.24) is 9.55 Å². The minimum absolute atomic E-state index is 0.146. The molecule has 5 heteroatoms. The lowest BCUT2D eigenvalue weighted by Gasteiger charge is -2.09. The molecule has 0 unspecified atom stereocenters. The molecule has 0 radical (unpaired) electrons. The van der Waals surface area contributed by atoms with Crippen LogP contribution in [-0.4, -0.2) is 16.7 Å². The number of hydrogen-bond donors (Lipinski definition) is 0. The molecule has 0 spiro atoms. The number of para-hydroxylation sites is 1. The highest BCUT2D eigenvalue weighted by Gasteiger charge is 2.11. The van der Waals surface area contributed by atoms with Crippen LogP contribution >= 0.6 is 0 Å². The fourth-order valence-corrected chi connectivity index (χ4v) is 1.72. The van der Waals surface area contributed by atoms with Gasteiger partial charge in [0.15, 0.2) is 11.4 Å². The van der Waals surface area contributed by atoms with Crippen LogP contribution in [0, 0.1) is 22.7 Å². The van der Waals surface area contributed by atoms with E-state index in [-0.39, 0.29) is 11.4 Å². The normalized spacial score (nSPS) is 9.50. The van der Waals surface area contributed by atoms with Gasteiger partial charge in [-0.3, -0.25) is 0 Å². The summed E-state index contributed by atoms with van der Waals surface area (Å²) in [6.07, 6.45) is 1.49. The van der Waals surface area contributed by atoms with E-state index in [2.05, 4.69) is 4.98 Å². The molecule has 1 aromatic heterocycles. The van der Waals surface area contributed by atoms with Crippen molar-refractivity contribution in [2.75, 3.05) is 7.11 Å². The highest BCUT2D eigenvalue weighted by Crippen LogP contribution is 2.19. The summed E-state index contributed by atoms with van der Waals surface area (Å²) in [5.41, 5.74) is 1.34. The Morgan fingerprint density at radius 2 is 2.06 bits per heavy atom. The highest BCUT2D eigenvalue weighted by atomic mass is 16.5. The summed E-state index contributed by atoms with van der Waals surface area (Å²) in [5.74, 6) is 0.744. The Hall–Kier alpha value is -2.79. The molecule has 0 amide bonds. The number of aromatic nitrogens is 2. The second kappa shape index (κ2) is 5.03. The van der Waals surface area contributed by atoms with Crippen molar-refractivity contribution in [2.45, 2.75) is 6.54 Å². The molecule has 5 nitrogen and oxygen atoms in total. The van der Waals surface area contributed by atoms with Crippen molar-refractivity contribution in [3.05, 3.63) is 47.5 Å². The second-order valence-corrected chi connectivity index (χ2v) is 3.61. The Balaban J connectivity index is 2.38. The first-order valence-corrected chi connectivity index (χ1v) is 5.27. The van der Waals surface area contributed by atoms with Gasteiger partial charge in [-0.15, -0.1) is 0 Å². The van der Waals surface area contributed by atoms with Crippen molar-refractivity contribution < 1.29 is 4.74 Å². The Labute approximate surface area is 104 Å². The molecule has 0 atom stereocenters. The minimum atomic E-state index is 0.146. The lowest BCUT2D eigenvalue weighted by atomic mass is 10.2. The quantitative estimate of drug-likeness (QED) is 0.815. The molecule has 0 aliphatic carbocycles. The van der Waals surface area contributed by atoms with Gasteiger partial charge in [-0.1, -0.05) is 18.2 Å². The number of ether oxygens (including phenoxy) is 1. The molecule has 1 aromatic carbocycles. The number of benzene rings is 1. The maximum atomic E-state index is 9.03. The van der Waals surface area contributed by atoms with Gasteiger partial charge in [0.2, 0.25) is 0 Å². The van der Waals surface area contributed by atoms with Gasteiger partial charge in [0.05, 0.1) is 20.0 Å². The zero-order valence-corrected chi connectivity index (χ0v) is 9.79. The van der Waals surface area contributed by atoms with Crippen LogP contribution in [0.3, 0.4) is 0 Å². The number of nitriles is 2. The van der Waals surface area contributed by atoms with Gasteiger partial charge in [0, 0.05) is 5.56 Å². The third-order valence-corrected chi connectivity index (χ3v) is 2.58. The summed E-state index contributed by atoms with van der Waals surface area (Å²) in [6, 6.07) is 11.4. The molecule has 0 N–H and O–H groups in total. The number of hydrogen-bond acceptors (Lipinski definition) is 4. The van der Waals surface area contributed by atoms with Crippen molar-refractivity contribution in [3.63, 3.8) is 0 Å². The summed E-state index contributed by atoms with van der Waals surface area (Å²) >= 11 is 0. The zero-order valence-electron chi connectivity index (χ0n) is 9.79. The molecule has 0 aliphatic heterocycles. The van der Waals surface area contributed by atoms with Gasteiger partial charge in [-0.05, 0) is 6.07 Å². The van der Waals surface area contributed by atoms with Crippen LogP contribution in [0.25, 0.3) is 0 Å². The monoisotopic (exact) mass is 238 g/mol. The predicted molar refractivity (Wildman–Crippen MR) is 63.8 cm³/mol. The van der Waals surface area contributed by atoms with Crippen LogP contribution in [0.5, 0.6) is 5.75 Å². The Morgan fingerprint density at radius 1 is 1.28 bits per heavy atom. The summed E-state index contributed by atoms with van der Waals surface area (Å²) in [5, 5.41) is 17.9. The lowest BCUT2D eigenvalue weighted by Crippen LogP contribution is -2.03. The summed E-state index contributed by atoms with van der Waals surface area (Å²) in [4.78, 5) is 3.90. The molecular weight excluding hydrogens is 228 g/mol. The molecule has 0 saturated carbocycles. The molecule has 0 bridgehead atoms. The van der Waals surface area contributed by atoms with Crippen LogP contribution in [0.1, 0.15) is 17.0 Å². The van der Waals surface area contributed by atoms with Crippen LogP contribution in [-0.2, 0) is 6.54 Å². The Bertz CT molecular complexity index is 646. The maximum Gasteiger partial charge on any atom is 0.176 e. The van der Waals surface area contributed by atoms with E-state index in [9.17, 15) is 0 Å². The zero-order chi connectivity index (χ0) is 13.0. The Kier molecular flexibility index (Phi) is 3.26. The van der Waals surface area contributed by atoms with Gasteiger partial charge in [0.1, 0.15) is 17.9 Å². The number of methoxy groups -OCH3 is 1. The summed E-state index contributed by atoms with van der Waals surface area (Å²) in [7, 11) is 1.60. The average Bonchev–Trinajstić information content (AvgIpc) is 2.81. The summed E-state index contributed by atoms with van der Waals surface area (Å²) < 4.78 is 6.88. The first-order valence-electron chi connectivity index (χ1n) is 5.27. The van der Waals surface area contributed by atoms with Gasteiger partial charge >= 0.3 is 0 Å². The fraction of sp³-hybridized carbons (Fsp3) is 0.154. The first-order chi connectivity index (χ1) is 8.80. The maximum absolute atomic E-state index is 9.03. The fourth-order valence-electron chi connectivity index (χ4n) is 1.72. The van der Waals surface area contributed by atoms with Gasteiger partial charge in [0.25, 0.3) is 0 Å². The van der Waals surface area contributed by atoms with Crippen molar-refractivity contribution in [1.29, 1.82) is 10.5 Å². The number of nitrogens with zero attached hydrogens (tertiary/aromatic N) is 4. The Morgan fingerprint density at radius 3 is 2.72 bits per heavy atom. The largest absolute Gasteiger partial charge is 0.496 e. The molecular formula is C13H10N4O. The van der Waals surface area contributed by atoms with E-state index in [1.165, 1.54) is 6.33 Å². The first kappa shape index (κ1) is 11.7. The molecule has 0 fully saturated rings. The van der Waals surface area contributed by atoms with E-state index in [1.54, 1.807) is 11.7 Å². The van der Waals surface area contributed by atoms with Crippen LogP contribution < -0.4 is 4.74 Å². The molecule has 1 heterocycles. The topological polar surface area (TPSA) is 74.6 Å². The van der Waals surface area contributed by atoms with Crippen LogP contribution in [0.2, 0.25) is 0 Å². The molecule has 88 valence electrons. The molecule has 2 aromatic rings. The van der Waals surface area contributed by atoms with Crippen molar-refractivity contribution in [3.8, 4) is 17.9 Å². The van der Waals surface area contributed by atoms with E-state index in [4.69, 9.17) is 15.3 Å². The minimum Gasteiger partial charge on any atom is -0.496 e. The smallest absolute Gasteiger partial charge is 0.176 e. The van der Waals surface area contributed by atoms with Crippen molar-refractivity contribution >= 4 is 0 Å². The van der Waals surface area contributed by atoms with E-state index in [0.717, 1.165) is 11.3 Å². The molecule has 18 heavy (non-hydrogen) atoms. The van der Waals surface area contributed by atoms with Gasteiger partial charge in [-0.25, -0.2) is 4.98 Å². The number of rotatable bonds is 3. The van der Waals surface area contributed by atoms with E-state index in [0.29, 0.717) is 6.54 Å². The predicted octanol–water partition coefficient (Wildman–Crippen LogP) is 1.68. The van der Waals surface area contributed by atoms with Crippen LogP contribution in [0.15, 0.2) is 30.6 Å². The van der Waals surface area contributed by atoms with E-state index >= 15 is 0 Å².